The largest absolute Gasteiger partial charge is 0.504 e. The van der Waals surface area contributed by atoms with Crippen LogP contribution < -0.4 is 0 Å². The van der Waals surface area contributed by atoms with Crippen molar-refractivity contribution in [2.45, 2.75) is 0 Å². The van der Waals surface area contributed by atoms with Crippen LogP contribution in [0.2, 0.25) is 0 Å². The summed E-state index contributed by atoms with van der Waals surface area (Å²) < 4.78 is 0. The summed E-state index contributed by atoms with van der Waals surface area (Å²) in [6.07, 6.45) is 3.02. The predicted octanol–water partition coefficient (Wildman–Crippen LogP) is 2.99. The molecule has 0 aromatic heterocycles. The molecule has 0 bridgehead atoms. The van der Waals surface area contributed by atoms with Gasteiger partial charge in [-0.3, -0.25) is 4.79 Å². The van der Waals surface area contributed by atoms with Crippen LogP contribution in [0.5, 0.6) is 11.5 Å². The van der Waals surface area contributed by atoms with Gasteiger partial charge in [-0.05, 0) is 23.8 Å². The SMILES string of the molecule is O=C(/C=C\c1ccc(O)c(O)c1)c1ccccc1. The lowest BCUT2D eigenvalue weighted by Crippen LogP contribution is -1.92. The molecule has 0 saturated heterocycles. The first-order chi connectivity index (χ1) is 8.66. The first kappa shape index (κ1) is 11.9. The van der Waals surface area contributed by atoms with Gasteiger partial charge in [-0.25, -0.2) is 0 Å². The molecule has 0 atom stereocenters. The Kier molecular flexibility index (Phi) is 3.44. The Morgan fingerprint density at radius 3 is 2.33 bits per heavy atom. The van der Waals surface area contributed by atoms with E-state index < -0.39 is 0 Å². The molecule has 0 fully saturated rings. The van der Waals surface area contributed by atoms with Crippen molar-refractivity contribution in [3.05, 3.63) is 65.7 Å². The Morgan fingerprint density at radius 2 is 1.67 bits per heavy atom. The second kappa shape index (κ2) is 5.19. The quantitative estimate of drug-likeness (QED) is 0.492. The van der Waals surface area contributed by atoms with Crippen LogP contribution in [0, 0.1) is 0 Å². The van der Waals surface area contributed by atoms with E-state index in [-0.39, 0.29) is 17.3 Å². The molecule has 2 aromatic rings. The van der Waals surface area contributed by atoms with Gasteiger partial charge < -0.3 is 10.2 Å². The van der Waals surface area contributed by atoms with Crippen LogP contribution in [0.1, 0.15) is 15.9 Å². The van der Waals surface area contributed by atoms with Crippen molar-refractivity contribution >= 4 is 11.9 Å². The molecule has 2 aromatic carbocycles. The summed E-state index contributed by atoms with van der Waals surface area (Å²) >= 11 is 0. The van der Waals surface area contributed by atoms with Gasteiger partial charge in [0.25, 0.3) is 0 Å². The predicted molar refractivity (Wildman–Crippen MR) is 69.6 cm³/mol. The molecule has 0 heterocycles. The van der Waals surface area contributed by atoms with Crippen molar-refractivity contribution in [1.29, 1.82) is 0 Å². The molecule has 2 N–H and O–H groups in total. The number of carbonyl (C=O) groups excluding carboxylic acids is 1. The van der Waals surface area contributed by atoms with E-state index in [1.54, 1.807) is 36.4 Å². The molecule has 0 spiro atoms. The second-order valence-corrected chi connectivity index (χ2v) is 3.81. The lowest BCUT2D eigenvalue weighted by Gasteiger charge is -1.98. The second-order valence-electron chi connectivity index (χ2n) is 3.81. The monoisotopic (exact) mass is 240 g/mol. The lowest BCUT2D eigenvalue weighted by atomic mass is 10.1. The van der Waals surface area contributed by atoms with E-state index in [9.17, 15) is 9.90 Å². The Hall–Kier alpha value is -2.55. The molecular formula is C15H12O3. The third-order valence-corrected chi connectivity index (χ3v) is 2.48. The molecule has 0 amide bonds. The number of allylic oxidation sites excluding steroid dienone is 1. The molecule has 90 valence electrons. The fraction of sp³-hybridized carbons (Fsp3) is 0. The number of ketones is 1. The molecule has 0 aliphatic rings. The minimum atomic E-state index is -0.204. The molecule has 0 aliphatic heterocycles. The molecule has 2 rings (SSSR count). The smallest absolute Gasteiger partial charge is 0.185 e. The Bertz CT molecular complexity index is 586. The van der Waals surface area contributed by atoms with Gasteiger partial charge in [-0.15, -0.1) is 0 Å². The maximum Gasteiger partial charge on any atom is 0.185 e. The van der Waals surface area contributed by atoms with Crippen LogP contribution >= 0.6 is 0 Å². The molecule has 0 aliphatic carbocycles. The van der Waals surface area contributed by atoms with Crippen LogP contribution in [0.4, 0.5) is 0 Å². The van der Waals surface area contributed by atoms with E-state index in [4.69, 9.17) is 5.11 Å². The highest BCUT2D eigenvalue weighted by Crippen LogP contribution is 2.25. The maximum absolute atomic E-state index is 11.8. The highest BCUT2D eigenvalue weighted by molar-refractivity contribution is 6.06. The van der Waals surface area contributed by atoms with E-state index >= 15 is 0 Å². The highest BCUT2D eigenvalue weighted by atomic mass is 16.3. The number of phenolic OH excluding ortho intramolecular Hbond substituents is 2. The number of hydrogen-bond acceptors (Lipinski definition) is 3. The summed E-state index contributed by atoms with van der Waals surface area (Å²) in [5.74, 6) is -0.492. The standard InChI is InChI=1S/C15H12O3/c16-13(12-4-2-1-3-5-12)8-6-11-7-9-14(17)15(18)10-11/h1-10,17-18H/b8-6-. The first-order valence-electron chi connectivity index (χ1n) is 5.46. The van der Waals surface area contributed by atoms with Crippen molar-refractivity contribution in [3.63, 3.8) is 0 Å². The van der Waals surface area contributed by atoms with Gasteiger partial charge in [0.2, 0.25) is 0 Å². The number of phenols is 2. The minimum absolute atomic E-state index is 0.108. The van der Waals surface area contributed by atoms with Crippen molar-refractivity contribution in [3.8, 4) is 11.5 Å². The summed E-state index contributed by atoms with van der Waals surface area (Å²) in [7, 11) is 0. The summed E-state index contributed by atoms with van der Waals surface area (Å²) in [6, 6.07) is 13.3. The summed E-state index contributed by atoms with van der Waals surface area (Å²) in [5, 5.41) is 18.5. The van der Waals surface area contributed by atoms with Crippen LogP contribution in [0.3, 0.4) is 0 Å². The van der Waals surface area contributed by atoms with Crippen LogP contribution in [0.25, 0.3) is 6.08 Å². The molecule has 0 radical (unpaired) electrons. The lowest BCUT2D eigenvalue weighted by molar-refractivity contribution is 0.104. The summed E-state index contributed by atoms with van der Waals surface area (Å²) in [4.78, 5) is 11.8. The number of aromatic hydroxyl groups is 2. The molecule has 0 unspecified atom stereocenters. The molecule has 3 heteroatoms. The van der Waals surface area contributed by atoms with Gasteiger partial charge in [0.15, 0.2) is 17.3 Å². The zero-order chi connectivity index (χ0) is 13.0. The van der Waals surface area contributed by atoms with Gasteiger partial charge in [0.05, 0.1) is 0 Å². The minimum Gasteiger partial charge on any atom is -0.504 e. The third-order valence-electron chi connectivity index (χ3n) is 2.48. The number of hydrogen-bond donors (Lipinski definition) is 2. The van der Waals surface area contributed by atoms with Crippen LogP contribution in [0.15, 0.2) is 54.6 Å². The van der Waals surface area contributed by atoms with E-state index in [1.807, 2.05) is 6.07 Å². The normalized spacial score (nSPS) is 10.7. The van der Waals surface area contributed by atoms with Crippen molar-refractivity contribution in [1.82, 2.24) is 0 Å². The number of benzene rings is 2. The van der Waals surface area contributed by atoms with E-state index in [2.05, 4.69) is 0 Å². The Morgan fingerprint density at radius 1 is 0.944 bits per heavy atom. The third kappa shape index (κ3) is 2.77. The summed E-state index contributed by atoms with van der Waals surface area (Å²) in [6.45, 7) is 0. The number of carbonyl (C=O) groups is 1. The summed E-state index contributed by atoms with van der Waals surface area (Å²) in [5.41, 5.74) is 1.26. The van der Waals surface area contributed by atoms with Crippen molar-refractivity contribution < 1.29 is 15.0 Å². The van der Waals surface area contributed by atoms with E-state index in [0.717, 1.165) is 0 Å². The van der Waals surface area contributed by atoms with E-state index in [1.165, 1.54) is 18.2 Å². The van der Waals surface area contributed by atoms with Crippen molar-refractivity contribution in [2.24, 2.45) is 0 Å². The van der Waals surface area contributed by atoms with Gasteiger partial charge in [-0.1, -0.05) is 42.5 Å². The topological polar surface area (TPSA) is 57.5 Å². The first-order valence-corrected chi connectivity index (χ1v) is 5.46. The average molecular weight is 240 g/mol. The fourth-order valence-electron chi connectivity index (χ4n) is 1.51. The zero-order valence-corrected chi connectivity index (χ0v) is 9.58. The molecule has 18 heavy (non-hydrogen) atoms. The number of rotatable bonds is 3. The molecule has 0 saturated carbocycles. The van der Waals surface area contributed by atoms with Crippen LogP contribution in [-0.4, -0.2) is 16.0 Å². The Balaban J connectivity index is 2.16. The highest BCUT2D eigenvalue weighted by Gasteiger charge is 2.01. The van der Waals surface area contributed by atoms with Gasteiger partial charge in [0.1, 0.15) is 0 Å². The van der Waals surface area contributed by atoms with E-state index in [0.29, 0.717) is 11.1 Å². The molecular weight excluding hydrogens is 228 g/mol. The van der Waals surface area contributed by atoms with Crippen LogP contribution in [-0.2, 0) is 0 Å². The Labute approximate surface area is 105 Å². The van der Waals surface area contributed by atoms with Gasteiger partial charge in [0, 0.05) is 5.56 Å². The zero-order valence-electron chi connectivity index (χ0n) is 9.58. The average Bonchev–Trinajstić information content (AvgIpc) is 2.41. The van der Waals surface area contributed by atoms with Gasteiger partial charge >= 0.3 is 0 Å². The van der Waals surface area contributed by atoms with Crippen molar-refractivity contribution in [2.75, 3.05) is 0 Å². The fourth-order valence-corrected chi connectivity index (χ4v) is 1.51. The van der Waals surface area contributed by atoms with Gasteiger partial charge in [-0.2, -0.15) is 0 Å². The molecule has 3 nitrogen and oxygen atoms in total. The maximum atomic E-state index is 11.8.